The molecule has 0 unspecified atom stereocenters. The Hall–Kier alpha value is -2.38. The number of ether oxygens (including phenoxy) is 2. The van der Waals surface area contributed by atoms with E-state index < -0.39 is 0 Å². The Kier molecular flexibility index (Phi) is 7.06. The summed E-state index contributed by atoms with van der Waals surface area (Å²) in [5.74, 6) is -0.114. The molecule has 1 aliphatic carbocycles. The number of methoxy groups -OCH3 is 2. The number of nitrogens with zero attached hydrogens (tertiary/aromatic N) is 3. The zero-order chi connectivity index (χ0) is 19.9. The third-order valence-electron chi connectivity index (χ3n) is 5.17. The standard InChI is InChI=1S/C21H29N3O4/c1-27-14-12-22(13-15-28-2)20(25)16-23-18-10-6-7-11-19(18)24(21(23)26)17-8-4-3-5-9-17/h6-8,10-11H,3-5,9,12-16H2,1-2H3. The lowest BCUT2D eigenvalue weighted by atomic mass is 10.0. The van der Waals surface area contributed by atoms with Gasteiger partial charge in [0.15, 0.2) is 0 Å². The van der Waals surface area contributed by atoms with E-state index in [4.69, 9.17) is 9.47 Å². The van der Waals surface area contributed by atoms with Gasteiger partial charge in [-0.1, -0.05) is 18.2 Å². The zero-order valence-electron chi connectivity index (χ0n) is 16.7. The van der Waals surface area contributed by atoms with Crippen molar-refractivity contribution in [3.63, 3.8) is 0 Å². The fraction of sp³-hybridized carbons (Fsp3) is 0.524. The number of allylic oxidation sites excluding steroid dienone is 2. The summed E-state index contributed by atoms with van der Waals surface area (Å²) in [6.45, 7) is 1.83. The monoisotopic (exact) mass is 387 g/mol. The van der Waals surface area contributed by atoms with Crippen molar-refractivity contribution in [2.45, 2.75) is 32.2 Å². The van der Waals surface area contributed by atoms with Crippen molar-refractivity contribution >= 4 is 22.6 Å². The van der Waals surface area contributed by atoms with E-state index in [-0.39, 0.29) is 18.1 Å². The molecule has 7 heteroatoms. The second kappa shape index (κ2) is 9.71. The molecule has 0 saturated heterocycles. The summed E-state index contributed by atoms with van der Waals surface area (Å²) in [5.41, 5.74) is 2.52. The lowest BCUT2D eigenvalue weighted by Gasteiger charge is -2.22. The highest BCUT2D eigenvalue weighted by atomic mass is 16.5. The van der Waals surface area contributed by atoms with E-state index in [1.54, 1.807) is 28.3 Å². The minimum Gasteiger partial charge on any atom is -0.383 e. The van der Waals surface area contributed by atoms with Crippen LogP contribution >= 0.6 is 0 Å². The molecule has 2 aromatic rings. The molecule has 0 bridgehead atoms. The maximum atomic E-state index is 13.2. The fourth-order valence-corrected chi connectivity index (χ4v) is 3.66. The average Bonchev–Trinajstić information content (AvgIpc) is 3.00. The Morgan fingerprint density at radius 2 is 1.75 bits per heavy atom. The van der Waals surface area contributed by atoms with Gasteiger partial charge < -0.3 is 14.4 Å². The SMILES string of the molecule is COCCN(CCOC)C(=O)Cn1c(=O)n(C2=CCCCC2)c2ccccc21. The highest BCUT2D eigenvalue weighted by Gasteiger charge is 2.21. The second-order valence-corrected chi connectivity index (χ2v) is 7.00. The van der Waals surface area contributed by atoms with Crippen LogP contribution in [0.15, 0.2) is 35.1 Å². The number of rotatable bonds is 9. The summed E-state index contributed by atoms with van der Waals surface area (Å²) in [5, 5.41) is 0. The van der Waals surface area contributed by atoms with Crippen LogP contribution in [0.2, 0.25) is 0 Å². The Bertz CT molecular complexity index is 889. The maximum absolute atomic E-state index is 13.2. The number of carbonyl (C=O) groups is 1. The maximum Gasteiger partial charge on any atom is 0.333 e. The number of carbonyl (C=O) groups excluding carboxylic acids is 1. The normalized spacial score (nSPS) is 14.3. The van der Waals surface area contributed by atoms with Crippen molar-refractivity contribution < 1.29 is 14.3 Å². The third-order valence-corrected chi connectivity index (χ3v) is 5.17. The summed E-state index contributed by atoms with van der Waals surface area (Å²) >= 11 is 0. The van der Waals surface area contributed by atoms with Gasteiger partial charge in [0.1, 0.15) is 6.54 Å². The third kappa shape index (κ3) is 4.36. The molecule has 0 saturated carbocycles. The Morgan fingerprint density at radius 1 is 1.07 bits per heavy atom. The smallest absolute Gasteiger partial charge is 0.333 e. The molecule has 3 rings (SSSR count). The first-order valence-corrected chi connectivity index (χ1v) is 9.82. The summed E-state index contributed by atoms with van der Waals surface area (Å²) in [6, 6.07) is 7.67. The van der Waals surface area contributed by atoms with Crippen molar-refractivity contribution in [2.75, 3.05) is 40.5 Å². The van der Waals surface area contributed by atoms with Gasteiger partial charge in [-0.2, -0.15) is 0 Å². The molecule has 0 fully saturated rings. The molecule has 1 aromatic carbocycles. The largest absolute Gasteiger partial charge is 0.383 e. The van der Waals surface area contributed by atoms with Crippen LogP contribution in [-0.2, 0) is 20.8 Å². The number of benzene rings is 1. The van der Waals surface area contributed by atoms with E-state index in [0.717, 1.165) is 42.4 Å². The lowest BCUT2D eigenvalue weighted by Crippen LogP contribution is -2.40. The van der Waals surface area contributed by atoms with Crippen LogP contribution in [0, 0.1) is 0 Å². The molecule has 0 atom stereocenters. The van der Waals surface area contributed by atoms with Crippen LogP contribution in [0.4, 0.5) is 0 Å². The number of hydrogen-bond donors (Lipinski definition) is 0. The van der Waals surface area contributed by atoms with E-state index in [1.807, 2.05) is 24.3 Å². The number of fused-ring (bicyclic) bond motifs is 1. The molecular weight excluding hydrogens is 358 g/mol. The van der Waals surface area contributed by atoms with Crippen molar-refractivity contribution in [1.29, 1.82) is 0 Å². The lowest BCUT2D eigenvalue weighted by molar-refractivity contribution is -0.133. The summed E-state index contributed by atoms with van der Waals surface area (Å²) < 4.78 is 13.6. The van der Waals surface area contributed by atoms with Gasteiger partial charge >= 0.3 is 5.69 Å². The molecule has 152 valence electrons. The van der Waals surface area contributed by atoms with Gasteiger partial charge in [-0.3, -0.25) is 13.9 Å². The van der Waals surface area contributed by atoms with Gasteiger partial charge in [-0.25, -0.2) is 4.79 Å². The number of para-hydroxylation sites is 2. The van der Waals surface area contributed by atoms with Crippen LogP contribution in [0.25, 0.3) is 16.7 Å². The molecule has 1 heterocycles. The van der Waals surface area contributed by atoms with Crippen LogP contribution in [0.3, 0.4) is 0 Å². The van der Waals surface area contributed by atoms with Crippen LogP contribution in [0.5, 0.6) is 0 Å². The Labute approximate surface area is 165 Å². The summed E-state index contributed by atoms with van der Waals surface area (Å²) in [6.07, 6.45) is 6.26. The van der Waals surface area contributed by atoms with Gasteiger partial charge in [-0.05, 0) is 37.8 Å². The first kappa shape index (κ1) is 20.4. The van der Waals surface area contributed by atoms with Crippen molar-refractivity contribution in [3.05, 3.63) is 40.8 Å². The van der Waals surface area contributed by atoms with Crippen molar-refractivity contribution in [1.82, 2.24) is 14.0 Å². The highest BCUT2D eigenvalue weighted by molar-refractivity contribution is 5.83. The van der Waals surface area contributed by atoms with Crippen molar-refractivity contribution in [3.8, 4) is 0 Å². The first-order valence-electron chi connectivity index (χ1n) is 9.82. The van der Waals surface area contributed by atoms with E-state index in [2.05, 4.69) is 6.08 Å². The van der Waals surface area contributed by atoms with Crippen LogP contribution in [-0.4, -0.2) is 60.5 Å². The zero-order valence-corrected chi connectivity index (χ0v) is 16.7. The molecule has 1 aromatic heterocycles. The van der Waals surface area contributed by atoms with Crippen LogP contribution < -0.4 is 5.69 Å². The van der Waals surface area contributed by atoms with E-state index >= 15 is 0 Å². The quantitative estimate of drug-likeness (QED) is 0.662. The minimum absolute atomic E-state index is 0.00700. The predicted octanol–water partition coefficient (Wildman–Crippen LogP) is 2.34. The molecule has 1 aliphatic rings. The molecular formula is C21H29N3O4. The molecule has 0 aliphatic heterocycles. The van der Waals surface area contributed by atoms with Crippen molar-refractivity contribution in [2.24, 2.45) is 0 Å². The van der Waals surface area contributed by atoms with Gasteiger partial charge in [-0.15, -0.1) is 0 Å². The molecule has 7 nitrogen and oxygen atoms in total. The fourth-order valence-electron chi connectivity index (χ4n) is 3.66. The van der Waals surface area contributed by atoms with Gasteiger partial charge in [0.25, 0.3) is 0 Å². The summed E-state index contributed by atoms with van der Waals surface area (Å²) in [7, 11) is 3.21. The summed E-state index contributed by atoms with van der Waals surface area (Å²) in [4.78, 5) is 27.9. The molecule has 1 amide bonds. The topological polar surface area (TPSA) is 65.7 Å². The van der Waals surface area contributed by atoms with E-state index in [9.17, 15) is 9.59 Å². The molecule has 28 heavy (non-hydrogen) atoms. The first-order chi connectivity index (χ1) is 13.7. The Balaban J connectivity index is 1.94. The second-order valence-electron chi connectivity index (χ2n) is 7.00. The van der Waals surface area contributed by atoms with Gasteiger partial charge in [0.05, 0.1) is 24.2 Å². The molecule has 0 spiro atoms. The Morgan fingerprint density at radius 3 is 2.36 bits per heavy atom. The number of hydrogen-bond acceptors (Lipinski definition) is 4. The molecule has 0 radical (unpaired) electrons. The number of aromatic nitrogens is 2. The van der Waals surface area contributed by atoms with Gasteiger partial charge in [0.2, 0.25) is 5.91 Å². The van der Waals surface area contributed by atoms with E-state index in [1.165, 1.54) is 0 Å². The number of imidazole rings is 1. The highest BCUT2D eigenvalue weighted by Crippen LogP contribution is 2.24. The average molecular weight is 387 g/mol. The molecule has 0 N–H and O–H groups in total. The minimum atomic E-state index is -0.152. The van der Waals surface area contributed by atoms with E-state index in [0.29, 0.717) is 26.3 Å². The predicted molar refractivity (Wildman–Crippen MR) is 109 cm³/mol. The van der Waals surface area contributed by atoms with Gasteiger partial charge in [0, 0.05) is 33.0 Å². The van der Waals surface area contributed by atoms with Crippen LogP contribution in [0.1, 0.15) is 25.7 Å². The number of amides is 1.